The van der Waals surface area contributed by atoms with Gasteiger partial charge in [-0.3, -0.25) is 4.79 Å². The van der Waals surface area contributed by atoms with Crippen molar-refractivity contribution in [2.45, 2.75) is 24.8 Å². The fourth-order valence-corrected chi connectivity index (χ4v) is 2.94. The molecule has 110 valence electrons. The van der Waals surface area contributed by atoms with Gasteiger partial charge in [0.25, 0.3) is 0 Å². The van der Waals surface area contributed by atoms with Gasteiger partial charge in [-0.15, -0.1) is 11.8 Å². The highest BCUT2D eigenvalue weighted by molar-refractivity contribution is 7.99. The van der Waals surface area contributed by atoms with Gasteiger partial charge in [0.15, 0.2) is 0 Å². The lowest BCUT2D eigenvalue weighted by Gasteiger charge is -2.17. The van der Waals surface area contributed by atoms with Crippen molar-refractivity contribution in [3.05, 3.63) is 66.2 Å². The molecule has 0 saturated heterocycles. The van der Waals surface area contributed by atoms with E-state index in [1.54, 1.807) is 11.8 Å². The summed E-state index contributed by atoms with van der Waals surface area (Å²) >= 11 is 1.72. The fraction of sp³-hybridized carbons (Fsp3) is 0.278. The Kier molecular flexibility index (Phi) is 5.88. The first-order chi connectivity index (χ1) is 10.2. The third kappa shape index (κ3) is 4.94. The highest BCUT2D eigenvalue weighted by Gasteiger charge is 2.16. The third-order valence-electron chi connectivity index (χ3n) is 3.35. The summed E-state index contributed by atoms with van der Waals surface area (Å²) in [5.41, 5.74) is 1.13. The minimum Gasteiger partial charge on any atom is -0.349 e. The van der Waals surface area contributed by atoms with Crippen molar-refractivity contribution < 1.29 is 4.79 Å². The molecule has 0 aliphatic carbocycles. The van der Waals surface area contributed by atoms with Crippen LogP contribution in [0.4, 0.5) is 0 Å². The predicted octanol–water partition coefficient (Wildman–Crippen LogP) is 4.29. The van der Waals surface area contributed by atoms with Crippen LogP contribution in [0.5, 0.6) is 0 Å². The van der Waals surface area contributed by atoms with E-state index in [0.717, 1.165) is 11.3 Å². The van der Waals surface area contributed by atoms with Gasteiger partial charge in [-0.05, 0) is 24.6 Å². The second-order valence-corrected chi connectivity index (χ2v) is 6.26. The van der Waals surface area contributed by atoms with Gasteiger partial charge < -0.3 is 5.32 Å². The summed E-state index contributed by atoms with van der Waals surface area (Å²) in [6.07, 6.45) is 0. The Labute approximate surface area is 131 Å². The average molecular weight is 299 g/mol. The molecule has 0 aliphatic heterocycles. The van der Waals surface area contributed by atoms with E-state index >= 15 is 0 Å². The molecule has 0 spiro atoms. The molecular formula is C18H21NOS. The van der Waals surface area contributed by atoms with Crippen molar-refractivity contribution in [2.24, 2.45) is 5.92 Å². The first-order valence-corrected chi connectivity index (χ1v) is 8.18. The monoisotopic (exact) mass is 299 g/mol. The predicted molar refractivity (Wildman–Crippen MR) is 89.3 cm³/mol. The molecule has 2 unspecified atom stereocenters. The number of benzene rings is 2. The second-order valence-electron chi connectivity index (χ2n) is 5.17. The molecule has 2 aromatic carbocycles. The molecule has 2 nitrogen and oxygen atoms in total. The minimum atomic E-state index is -0.0126. The second kappa shape index (κ2) is 7.89. The Morgan fingerprint density at radius 2 is 1.57 bits per heavy atom. The summed E-state index contributed by atoms with van der Waals surface area (Å²) in [7, 11) is 0. The minimum absolute atomic E-state index is 0.0126. The van der Waals surface area contributed by atoms with Crippen LogP contribution in [0, 0.1) is 5.92 Å². The van der Waals surface area contributed by atoms with E-state index in [1.165, 1.54) is 4.90 Å². The summed E-state index contributed by atoms with van der Waals surface area (Å²) in [4.78, 5) is 13.4. The van der Waals surface area contributed by atoms with Gasteiger partial charge in [-0.25, -0.2) is 0 Å². The SMILES string of the molecule is CC(CSc1ccccc1)C(=O)NC(C)c1ccccc1. The quantitative estimate of drug-likeness (QED) is 0.806. The lowest BCUT2D eigenvalue weighted by atomic mass is 10.1. The molecular weight excluding hydrogens is 278 g/mol. The van der Waals surface area contributed by atoms with Gasteiger partial charge in [0.1, 0.15) is 0 Å². The van der Waals surface area contributed by atoms with Gasteiger partial charge in [0.2, 0.25) is 5.91 Å². The number of hydrogen-bond acceptors (Lipinski definition) is 2. The zero-order valence-electron chi connectivity index (χ0n) is 12.5. The van der Waals surface area contributed by atoms with Crippen LogP contribution in [-0.4, -0.2) is 11.7 Å². The van der Waals surface area contributed by atoms with Crippen LogP contribution in [0.15, 0.2) is 65.6 Å². The largest absolute Gasteiger partial charge is 0.349 e. The summed E-state index contributed by atoms with van der Waals surface area (Å²) in [5.74, 6) is 0.883. The van der Waals surface area contributed by atoms with Crippen molar-refractivity contribution in [2.75, 3.05) is 5.75 Å². The zero-order chi connectivity index (χ0) is 15.1. The highest BCUT2D eigenvalue weighted by atomic mass is 32.2. The maximum Gasteiger partial charge on any atom is 0.224 e. The molecule has 0 bridgehead atoms. The number of thioether (sulfide) groups is 1. The molecule has 1 amide bonds. The fourth-order valence-electron chi connectivity index (χ4n) is 1.99. The van der Waals surface area contributed by atoms with E-state index in [1.807, 2.05) is 62.4 Å². The molecule has 0 aliphatic rings. The van der Waals surface area contributed by atoms with E-state index in [4.69, 9.17) is 0 Å². The smallest absolute Gasteiger partial charge is 0.224 e. The number of carbonyl (C=O) groups is 1. The van der Waals surface area contributed by atoms with Gasteiger partial charge in [0, 0.05) is 16.6 Å². The maximum absolute atomic E-state index is 12.2. The number of hydrogen-bond donors (Lipinski definition) is 1. The van der Waals surface area contributed by atoms with Crippen LogP contribution in [0.25, 0.3) is 0 Å². The molecule has 2 aromatic rings. The van der Waals surface area contributed by atoms with E-state index in [2.05, 4.69) is 17.4 Å². The van der Waals surface area contributed by atoms with Crippen LogP contribution >= 0.6 is 11.8 Å². The van der Waals surface area contributed by atoms with Crippen LogP contribution < -0.4 is 5.32 Å². The number of amides is 1. The summed E-state index contributed by atoms with van der Waals surface area (Å²) in [5, 5.41) is 3.08. The van der Waals surface area contributed by atoms with Crippen LogP contribution in [0.3, 0.4) is 0 Å². The summed E-state index contributed by atoms with van der Waals surface area (Å²) in [6.45, 7) is 3.99. The first-order valence-electron chi connectivity index (χ1n) is 7.20. The Morgan fingerprint density at radius 3 is 2.19 bits per heavy atom. The number of rotatable bonds is 6. The summed E-state index contributed by atoms with van der Waals surface area (Å²) < 4.78 is 0. The Bertz CT molecular complexity index is 556. The van der Waals surface area contributed by atoms with Gasteiger partial charge in [0.05, 0.1) is 6.04 Å². The van der Waals surface area contributed by atoms with Crippen LogP contribution in [0.2, 0.25) is 0 Å². The lowest BCUT2D eigenvalue weighted by molar-refractivity contribution is -0.124. The highest BCUT2D eigenvalue weighted by Crippen LogP contribution is 2.21. The van der Waals surface area contributed by atoms with Gasteiger partial charge >= 0.3 is 0 Å². The Balaban J connectivity index is 1.82. The zero-order valence-corrected chi connectivity index (χ0v) is 13.3. The third-order valence-corrected chi connectivity index (χ3v) is 4.62. The topological polar surface area (TPSA) is 29.1 Å². The van der Waals surface area contributed by atoms with Gasteiger partial charge in [-0.1, -0.05) is 55.5 Å². The van der Waals surface area contributed by atoms with E-state index in [0.29, 0.717) is 0 Å². The normalized spacial score (nSPS) is 13.4. The Morgan fingerprint density at radius 1 is 1.00 bits per heavy atom. The van der Waals surface area contributed by atoms with Gasteiger partial charge in [-0.2, -0.15) is 0 Å². The molecule has 0 saturated carbocycles. The van der Waals surface area contributed by atoms with Crippen molar-refractivity contribution in [1.82, 2.24) is 5.32 Å². The molecule has 1 N–H and O–H groups in total. The van der Waals surface area contributed by atoms with Crippen molar-refractivity contribution in [3.63, 3.8) is 0 Å². The van der Waals surface area contributed by atoms with Crippen molar-refractivity contribution in [1.29, 1.82) is 0 Å². The van der Waals surface area contributed by atoms with Crippen LogP contribution in [-0.2, 0) is 4.79 Å². The molecule has 21 heavy (non-hydrogen) atoms. The number of carbonyl (C=O) groups excluding carboxylic acids is 1. The van der Waals surface area contributed by atoms with Crippen LogP contribution in [0.1, 0.15) is 25.5 Å². The van der Waals surface area contributed by atoms with Crippen molar-refractivity contribution >= 4 is 17.7 Å². The van der Waals surface area contributed by atoms with E-state index < -0.39 is 0 Å². The lowest BCUT2D eigenvalue weighted by Crippen LogP contribution is -2.32. The molecule has 2 rings (SSSR count). The van der Waals surface area contributed by atoms with E-state index in [-0.39, 0.29) is 17.9 Å². The Hall–Kier alpha value is -1.74. The average Bonchev–Trinajstić information content (AvgIpc) is 2.54. The summed E-state index contributed by atoms with van der Waals surface area (Å²) in [6, 6.07) is 20.3. The molecule has 0 aromatic heterocycles. The molecule has 2 atom stereocenters. The maximum atomic E-state index is 12.2. The molecule has 0 fully saturated rings. The first kappa shape index (κ1) is 15.6. The molecule has 3 heteroatoms. The van der Waals surface area contributed by atoms with Crippen molar-refractivity contribution in [3.8, 4) is 0 Å². The number of nitrogens with one attached hydrogen (secondary N) is 1. The molecule has 0 heterocycles. The molecule has 0 radical (unpaired) electrons. The van der Waals surface area contributed by atoms with E-state index in [9.17, 15) is 4.79 Å². The standard InChI is InChI=1S/C18H21NOS/c1-14(13-21-17-11-7-4-8-12-17)18(20)19-15(2)16-9-5-3-6-10-16/h3-12,14-15H,13H2,1-2H3,(H,19,20).